The number of aliphatic hydroxyl groups excluding tert-OH is 1. The second-order valence-corrected chi connectivity index (χ2v) is 12.9. The first kappa shape index (κ1) is 26.7. The lowest BCUT2D eigenvalue weighted by Gasteiger charge is -2.59. The smallest absolute Gasteiger partial charge is 0.306 e. The number of aliphatic hydroxyl groups is 1. The Morgan fingerprint density at radius 1 is 1.11 bits per heavy atom. The zero-order valence-corrected chi connectivity index (χ0v) is 22.6. The number of fused-ring (bicyclic) bond motifs is 5. The number of carbonyl (C=O) groups is 4. The molecule has 2 N–H and O–H groups in total. The minimum absolute atomic E-state index is 0.0469. The molecule has 0 spiro atoms. The number of rotatable bonds is 5. The summed E-state index contributed by atoms with van der Waals surface area (Å²) in [6.45, 7) is 13.4. The van der Waals surface area contributed by atoms with E-state index < -0.39 is 34.2 Å². The number of ketones is 3. The monoisotopic (exact) mass is 496 g/mol. The lowest BCUT2D eigenvalue weighted by molar-refractivity contribution is -0.142. The molecule has 196 valence electrons. The molecule has 4 rings (SSSR count). The average Bonchev–Trinajstić information content (AvgIpc) is 3.00. The summed E-state index contributed by atoms with van der Waals surface area (Å²) in [5.74, 6) is -2.12. The van der Waals surface area contributed by atoms with Gasteiger partial charge in [-0.3, -0.25) is 19.2 Å². The van der Waals surface area contributed by atoms with Crippen molar-refractivity contribution in [3.8, 4) is 0 Å². The number of hydrogen-bond acceptors (Lipinski definition) is 5. The van der Waals surface area contributed by atoms with Gasteiger partial charge in [0, 0.05) is 29.1 Å². The highest BCUT2D eigenvalue weighted by Crippen LogP contribution is 2.70. The summed E-state index contributed by atoms with van der Waals surface area (Å²) in [5.41, 5.74) is 0.115. The third-order valence-electron chi connectivity index (χ3n) is 10.8. The standard InChI is InChI=1S/C30H40O6/c1-16(12-18(31)13-17(2)26(35)36)20-14-24(33)29(6)19-8-9-22-27(3,4)23(32)10-11-28(22,5)21(19)15-25(34)30(20,29)7/h8,12,15,17,20,22,24,33H,9-11,13-14H2,1-7H3,(H,35,36). The molecule has 4 aliphatic carbocycles. The minimum Gasteiger partial charge on any atom is -0.481 e. The van der Waals surface area contributed by atoms with E-state index in [-0.39, 0.29) is 41.0 Å². The molecule has 0 radical (unpaired) electrons. The Morgan fingerprint density at radius 2 is 1.75 bits per heavy atom. The van der Waals surface area contributed by atoms with E-state index >= 15 is 0 Å². The lowest BCUT2D eigenvalue weighted by Crippen LogP contribution is -2.57. The van der Waals surface area contributed by atoms with Gasteiger partial charge in [0.1, 0.15) is 5.78 Å². The van der Waals surface area contributed by atoms with Gasteiger partial charge in [-0.05, 0) is 66.7 Å². The molecule has 4 aliphatic rings. The van der Waals surface area contributed by atoms with Crippen molar-refractivity contribution in [2.24, 2.45) is 39.4 Å². The Balaban J connectivity index is 1.77. The van der Waals surface area contributed by atoms with Crippen LogP contribution in [0.5, 0.6) is 0 Å². The first-order valence-electron chi connectivity index (χ1n) is 13.2. The number of Topliss-reactive ketones (excluding diaryl/α,β-unsaturated/α-hetero) is 1. The van der Waals surface area contributed by atoms with Crippen LogP contribution in [0.2, 0.25) is 0 Å². The molecule has 7 unspecified atom stereocenters. The number of allylic oxidation sites excluding steroid dienone is 5. The number of aliphatic carboxylic acids is 1. The molecule has 2 saturated carbocycles. The van der Waals surface area contributed by atoms with Gasteiger partial charge >= 0.3 is 5.97 Å². The Morgan fingerprint density at radius 3 is 2.36 bits per heavy atom. The Bertz CT molecular complexity index is 1140. The summed E-state index contributed by atoms with van der Waals surface area (Å²) in [4.78, 5) is 50.6. The molecule has 6 nitrogen and oxygen atoms in total. The molecular weight excluding hydrogens is 456 g/mol. The summed E-state index contributed by atoms with van der Waals surface area (Å²) >= 11 is 0. The molecule has 6 heteroatoms. The van der Waals surface area contributed by atoms with Gasteiger partial charge in [0.15, 0.2) is 11.6 Å². The molecule has 0 aromatic carbocycles. The van der Waals surface area contributed by atoms with Crippen molar-refractivity contribution in [2.45, 2.75) is 86.7 Å². The van der Waals surface area contributed by atoms with E-state index in [0.717, 1.165) is 17.6 Å². The van der Waals surface area contributed by atoms with Crippen LogP contribution in [0.4, 0.5) is 0 Å². The van der Waals surface area contributed by atoms with E-state index in [9.17, 15) is 24.3 Å². The largest absolute Gasteiger partial charge is 0.481 e. The van der Waals surface area contributed by atoms with Crippen LogP contribution in [-0.4, -0.2) is 39.6 Å². The third kappa shape index (κ3) is 3.39. The fourth-order valence-electron chi connectivity index (χ4n) is 8.14. The van der Waals surface area contributed by atoms with Gasteiger partial charge in [0.05, 0.1) is 12.0 Å². The van der Waals surface area contributed by atoms with Crippen LogP contribution in [0.25, 0.3) is 0 Å². The minimum atomic E-state index is -1.02. The van der Waals surface area contributed by atoms with Crippen LogP contribution in [0, 0.1) is 39.4 Å². The molecule has 36 heavy (non-hydrogen) atoms. The number of carboxylic acids is 1. The van der Waals surface area contributed by atoms with Crippen molar-refractivity contribution >= 4 is 23.3 Å². The maximum absolute atomic E-state index is 14.0. The zero-order chi connectivity index (χ0) is 27.0. The maximum Gasteiger partial charge on any atom is 0.306 e. The molecule has 0 amide bonds. The van der Waals surface area contributed by atoms with Crippen molar-refractivity contribution in [1.82, 2.24) is 0 Å². The predicted octanol–water partition coefficient (Wildman–Crippen LogP) is 4.86. The van der Waals surface area contributed by atoms with Crippen LogP contribution >= 0.6 is 0 Å². The van der Waals surface area contributed by atoms with Gasteiger partial charge in [-0.1, -0.05) is 53.2 Å². The molecule has 0 aliphatic heterocycles. The van der Waals surface area contributed by atoms with Crippen LogP contribution in [0.3, 0.4) is 0 Å². The van der Waals surface area contributed by atoms with E-state index in [2.05, 4.69) is 13.0 Å². The van der Waals surface area contributed by atoms with Gasteiger partial charge in [-0.15, -0.1) is 0 Å². The second kappa shape index (κ2) is 8.34. The van der Waals surface area contributed by atoms with E-state index in [0.29, 0.717) is 24.8 Å². The maximum atomic E-state index is 14.0. The summed E-state index contributed by atoms with van der Waals surface area (Å²) in [6, 6.07) is 0. The number of hydrogen-bond donors (Lipinski definition) is 2. The summed E-state index contributed by atoms with van der Waals surface area (Å²) in [6.07, 6.45) is 6.78. The van der Waals surface area contributed by atoms with Crippen molar-refractivity contribution in [2.75, 3.05) is 0 Å². The summed E-state index contributed by atoms with van der Waals surface area (Å²) in [5, 5.41) is 20.7. The van der Waals surface area contributed by atoms with Crippen molar-refractivity contribution in [3.05, 3.63) is 34.9 Å². The summed E-state index contributed by atoms with van der Waals surface area (Å²) in [7, 11) is 0. The summed E-state index contributed by atoms with van der Waals surface area (Å²) < 4.78 is 0. The van der Waals surface area contributed by atoms with E-state index in [4.69, 9.17) is 5.11 Å². The molecule has 7 atom stereocenters. The van der Waals surface area contributed by atoms with Crippen LogP contribution < -0.4 is 0 Å². The van der Waals surface area contributed by atoms with Crippen LogP contribution in [-0.2, 0) is 19.2 Å². The molecule has 0 heterocycles. The molecular formula is C30H40O6. The van der Waals surface area contributed by atoms with Gasteiger partial charge in [-0.2, -0.15) is 0 Å². The first-order chi connectivity index (χ1) is 16.5. The Hall–Kier alpha value is -2.34. The van der Waals surface area contributed by atoms with E-state index in [1.807, 2.05) is 34.6 Å². The fourth-order valence-corrected chi connectivity index (χ4v) is 8.14. The second-order valence-electron chi connectivity index (χ2n) is 12.9. The molecule has 0 aromatic heterocycles. The number of carboxylic acid groups (broad SMARTS) is 1. The fraction of sp³-hybridized carbons (Fsp3) is 0.667. The van der Waals surface area contributed by atoms with E-state index in [1.54, 1.807) is 6.08 Å². The molecule has 2 fully saturated rings. The van der Waals surface area contributed by atoms with Gasteiger partial charge in [-0.25, -0.2) is 0 Å². The van der Waals surface area contributed by atoms with E-state index in [1.165, 1.54) is 13.0 Å². The van der Waals surface area contributed by atoms with Crippen molar-refractivity contribution in [1.29, 1.82) is 0 Å². The Kier molecular flexibility index (Phi) is 6.19. The molecule has 0 saturated heterocycles. The highest BCUT2D eigenvalue weighted by molar-refractivity contribution is 6.01. The molecule has 0 bridgehead atoms. The quantitative estimate of drug-likeness (QED) is 0.527. The normalized spacial score (nSPS) is 40.4. The SMILES string of the molecule is CC(=CC(=O)CC(C)C(=O)O)C1CC(O)C2(C)C3=CCC4C(C)(C)C(=O)CCC4(C)C3=CC(=O)C12C. The predicted molar refractivity (Wildman–Crippen MR) is 136 cm³/mol. The van der Waals surface area contributed by atoms with Gasteiger partial charge in [0.2, 0.25) is 0 Å². The first-order valence-corrected chi connectivity index (χ1v) is 13.2. The van der Waals surface area contributed by atoms with Crippen molar-refractivity contribution in [3.63, 3.8) is 0 Å². The van der Waals surface area contributed by atoms with Crippen LogP contribution in [0.1, 0.15) is 80.6 Å². The number of carbonyl (C=O) groups excluding carboxylic acids is 3. The van der Waals surface area contributed by atoms with Crippen molar-refractivity contribution < 1.29 is 29.4 Å². The zero-order valence-electron chi connectivity index (χ0n) is 22.6. The average molecular weight is 497 g/mol. The lowest BCUT2D eigenvalue weighted by atomic mass is 9.44. The third-order valence-corrected chi connectivity index (χ3v) is 10.8. The Labute approximate surface area is 213 Å². The van der Waals surface area contributed by atoms with Crippen LogP contribution in [0.15, 0.2) is 34.9 Å². The van der Waals surface area contributed by atoms with Gasteiger partial charge < -0.3 is 10.2 Å². The topological polar surface area (TPSA) is 109 Å². The molecule has 0 aromatic rings. The highest BCUT2D eigenvalue weighted by atomic mass is 16.4. The highest BCUT2D eigenvalue weighted by Gasteiger charge is 2.69. The van der Waals surface area contributed by atoms with Gasteiger partial charge in [0.25, 0.3) is 0 Å².